The van der Waals surface area contributed by atoms with E-state index in [9.17, 15) is 0 Å². The monoisotopic (exact) mass is 254 g/mol. The van der Waals surface area contributed by atoms with E-state index in [1.807, 2.05) is 6.92 Å². The van der Waals surface area contributed by atoms with Crippen LogP contribution >= 0.6 is 0 Å². The van der Waals surface area contributed by atoms with Crippen molar-refractivity contribution in [2.75, 3.05) is 39.7 Å². The van der Waals surface area contributed by atoms with Crippen LogP contribution in [0.15, 0.2) is 6.20 Å². The number of nitrogens with zero attached hydrogens (tertiary/aromatic N) is 3. The number of ether oxygens (including phenoxy) is 1. The number of methoxy groups -OCH3 is 1. The topological polar surface area (TPSA) is 42.3 Å². The molecule has 0 bridgehead atoms. The molecule has 1 rings (SSSR count). The summed E-state index contributed by atoms with van der Waals surface area (Å²) < 4.78 is 7.34. The summed E-state index contributed by atoms with van der Waals surface area (Å²) in [5, 5.41) is 3.41. The van der Waals surface area contributed by atoms with Crippen molar-refractivity contribution in [1.82, 2.24) is 14.5 Å². The van der Waals surface area contributed by atoms with Gasteiger partial charge in [0.25, 0.3) is 0 Å². The molecule has 0 saturated heterocycles. The Kier molecular flexibility index (Phi) is 5.62. The van der Waals surface area contributed by atoms with Gasteiger partial charge < -0.3 is 19.5 Å². The molecular weight excluding hydrogens is 228 g/mol. The first-order chi connectivity index (χ1) is 8.45. The summed E-state index contributed by atoms with van der Waals surface area (Å²) in [5.74, 6) is 0.922. The maximum atomic E-state index is 5.20. The Hall–Kier alpha value is -1.07. The van der Waals surface area contributed by atoms with E-state index in [-0.39, 0.29) is 6.04 Å². The lowest BCUT2D eigenvalue weighted by Gasteiger charge is -2.22. The molecule has 0 amide bonds. The quantitative estimate of drug-likeness (QED) is 0.805. The molecule has 0 aliphatic carbocycles. The van der Waals surface area contributed by atoms with Gasteiger partial charge in [-0.1, -0.05) is 0 Å². The molecule has 0 radical (unpaired) electrons. The minimum Gasteiger partial charge on any atom is -0.383 e. The molecule has 0 aromatic carbocycles. The van der Waals surface area contributed by atoms with Crippen LogP contribution in [-0.4, -0.2) is 54.8 Å². The van der Waals surface area contributed by atoms with Crippen LogP contribution in [0.1, 0.15) is 25.6 Å². The van der Waals surface area contributed by atoms with E-state index in [4.69, 9.17) is 4.74 Å². The lowest BCUT2D eigenvalue weighted by atomic mass is 10.3. The highest BCUT2D eigenvalue weighted by molar-refractivity contribution is 5.29. The van der Waals surface area contributed by atoms with Gasteiger partial charge >= 0.3 is 0 Å². The predicted octanol–water partition coefficient (Wildman–Crippen LogP) is 1.76. The van der Waals surface area contributed by atoms with E-state index in [2.05, 4.69) is 53.9 Å². The first kappa shape index (κ1) is 15.0. The molecule has 1 heterocycles. The van der Waals surface area contributed by atoms with Crippen molar-refractivity contribution in [2.45, 2.75) is 32.9 Å². The lowest BCUT2D eigenvalue weighted by Crippen LogP contribution is -2.32. The van der Waals surface area contributed by atoms with Crippen LogP contribution in [0.2, 0.25) is 0 Å². The van der Waals surface area contributed by atoms with E-state index in [1.54, 1.807) is 7.11 Å². The second-order valence-electron chi connectivity index (χ2n) is 5.11. The number of anilines is 1. The second kappa shape index (κ2) is 6.75. The molecule has 5 heteroatoms. The summed E-state index contributed by atoms with van der Waals surface area (Å²) in [6.45, 7) is 7.89. The highest BCUT2D eigenvalue weighted by atomic mass is 16.5. The molecule has 2 atom stereocenters. The Balaban J connectivity index is 2.70. The van der Waals surface area contributed by atoms with Crippen LogP contribution in [0.3, 0.4) is 0 Å². The predicted molar refractivity (Wildman–Crippen MR) is 75.2 cm³/mol. The fourth-order valence-corrected chi connectivity index (χ4v) is 1.73. The molecule has 1 N–H and O–H groups in total. The van der Waals surface area contributed by atoms with E-state index < -0.39 is 0 Å². The number of aromatic nitrogens is 2. The largest absolute Gasteiger partial charge is 0.383 e. The van der Waals surface area contributed by atoms with E-state index in [0.29, 0.717) is 12.6 Å². The molecule has 0 saturated carbocycles. The van der Waals surface area contributed by atoms with Gasteiger partial charge in [-0.3, -0.25) is 0 Å². The third-order valence-corrected chi connectivity index (χ3v) is 3.17. The van der Waals surface area contributed by atoms with Crippen LogP contribution in [0.4, 0.5) is 5.95 Å². The van der Waals surface area contributed by atoms with Gasteiger partial charge in [-0.2, -0.15) is 0 Å². The summed E-state index contributed by atoms with van der Waals surface area (Å²) in [6, 6.07) is 0.751. The molecule has 5 nitrogen and oxygen atoms in total. The Morgan fingerprint density at radius 1 is 1.44 bits per heavy atom. The summed E-state index contributed by atoms with van der Waals surface area (Å²) in [4.78, 5) is 6.71. The van der Waals surface area contributed by atoms with Gasteiger partial charge in [-0.05, 0) is 34.9 Å². The van der Waals surface area contributed by atoms with E-state index >= 15 is 0 Å². The van der Waals surface area contributed by atoms with Crippen LogP contribution in [0.5, 0.6) is 0 Å². The van der Waals surface area contributed by atoms with Crippen molar-refractivity contribution in [1.29, 1.82) is 0 Å². The number of aryl methyl sites for hydroxylation is 1. The van der Waals surface area contributed by atoms with Crippen molar-refractivity contribution in [3.63, 3.8) is 0 Å². The molecule has 104 valence electrons. The molecule has 0 aliphatic rings. The zero-order chi connectivity index (χ0) is 13.7. The van der Waals surface area contributed by atoms with Crippen molar-refractivity contribution < 1.29 is 4.74 Å². The van der Waals surface area contributed by atoms with Crippen LogP contribution in [0, 0.1) is 6.92 Å². The number of likely N-dealkylation sites (N-methyl/N-ethyl adjacent to an activating group) is 1. The van der Waals surface area contributed by atoms with Gasteiger partial charge in [0.2, 0.25) is 5.95 Å². The zero-order valence-corrected chi connectivity index (χ0v) is 12.4. The number of nitrogens with one attached hydrogen (secondary N) is 1. The molecule has 18 heavy (non-hydrogen) atoms. The van der Waals surface area contributed by atoms with Crippen LogP contribution in [0.25, 0.3) is 0 Å². The third kappa shape index (κ3) is 3.99. The van der Waals surface area contributed by atoms with Gasteiger partial charge in [-0.15, -0.1) is 0 Å². The molecular formula is C13H26N4O. The van der Waals surface area contributed by atoms with Gasteiger partial charge in [0.15, 0.2) is 0 Å². The van der Waals surface area contributed by atoms with Gasteiger partial charge in [0.05, 0.1) is 18.3 Å². The Morgan fingerprint density at radius 3 is 2.67 bits per heavy atom. The Bertz CT molecular complexity index is 362. The van der Waals surface area contributed by atoms with Crippen LogP contribution in [-0.2, 0) is 4.74 Å². The highest BCUT2D eigenvalue weighted by Crippen LogP contribution is 2.16. The smallest absolute Gasteiger partial charge is 0.203 e. The van der Waals surface area contributed by atoms with Gasteiger partial charge in [0.1, 0.15) is 0 Å². The molecule has 1 aromatic heterocycles. The van der Waals surface area contributed by atoms with Gasteiger partial charge in [-0.25, -0.2) is 4.98 Å². The fourth-order valence-electron chi connectivity index (χ4n) is 1.73. The number of hydrogen-bond acceptors (Lipinski definition) is 4. The number of imidazole rings is 1. The van der Waals surface area contributed by atoms with Crippen molar-refractivity contribution in [3.8, 4) is 0 Å². The maximum absolute atomic E-state index is 5.20. The fraction of sp³-hybridized carbons (Fsp3) is 0.769. The summed E-state index contributed by atoms with van der Waals surface area (Å²) in [6.07, 6.45) is 2.06. The standard InChI is InChI=1S/C13H26N4O/c1-10-8-17(12(3)9-18-6)13(15-10)14-7-11(2)16(4)5/h8,11-12H,7,9H2,1-6H3,(H,14,15). The van der Waals surface area contributed by atoms with Crippen molar-refractivity contribution in [2.24, 2.45) is 0 Å². The Morgan fingerprint density at radius 2 is 2.11 bits per heavy atom. The Labute approximate surface area is 110 Å². The molecule has 0 aliphatic heterocycles. The number of hydrogen-bond donors (Lipinski definition) is 1. The normalized spacial score (nSPS) is 14.8. The first-order valence-electron chi connectivity index (χ1n) is 6.40. The molecule has 1 aromatic rings. The van der Waals surface area contributed by atoms with Crippen LogP contribution < -0.4 is 5.32 Å². The average Bonchev–Trinajstić information content (AvgIpc) is 2.67. The number of rotatable bonds is 7. The summed E-state index contributed by atoms with van der Waals surface area (Å²) in [5.41, 5.74) is 1.03. The minimum atomic E-state index is 0.286. The average molecular weight is 254 g/mol. The van der Waals surface area contributed by atoms with E-state index in [0.717, 1.165) is 18.2 Å². The second-order valence-corrected chi connectivity index (χ2v) is 5.11. The summed E-state index contributed by atoms with van der Waals surface area (Å²) in [7, 11) is 5.89. The van der Waals surface area contributed by atoms with Crippen molar-refractivity contribution in [3.05, 3.63) is 11.9 Å². The lowest BCUT2D eigenvalue weighted by molar-refractivity contribution is 0.163. The van der Waals surface area contributed by atoms with Gasteiger partial charge in [0, 0.05) is 25.9 Å². The molecule has 0 spiro atoms. The SMILES string of the molecule is COCC(C)n1cc(C)nc1NCC(C)N(C)C. The maximum Gasteiger partial charge on any atom is 0.203 e. The third-order valence-electron chi connectivity index (χ3n) is 3.17. The molecule has 0 fully saturated rings. The van der Waals surface area contributed by atoms with Crippen molar-refractivity contribution >= 4 is 5.95 Å². The minimum absolute atomic E-state index is 0.286. The highest BCUT2D eigenvalue weighted by Gasteiger charge is 2.13. The molecule has 2 unspecified atom stereocenters. The first-order valence-corrected chi connectivity index (χ1v) is 6.40. The zero-order valence-electron chi connectivity index (χ0n) is 12.4. The summed E-state index contributed by atoms with van der Waals surface area (Å²) >= 11 is 0. The van der Waals surface area contributed by atoms with E-state index in [1.165, 1.54) is 0 Å².